The highest BCUT2D eigenvalue weighted by atomic mass is 35.5. The first kappa shape index (κ1) is 23.7. The van der Waals surface area contributed by atoms with Gasteiger partial charge in [0.15, 0.2) is 5.17 Å². The summed E-state index contributed by atoms with van der Waals surface area (Å²) in [4.78, 5) is 19.0. The van der Waals surface area contributed by atoms with E-state index in [0.29, 0.717) is 22.6 Å². The lowest BCUT2D eigenvalue weighted by Gasteiger charge is -2.32. The summed E-state index contributed by atoms with van der Waals surface area (Å²) < 4.78 is 16.9. The van der Waals surface area contributed by atoms with Gasteiger partial charge in [-0.2, -0.15) is 0 Å². The Kier molecular flexibility index (Phi) is 8.16. The summed E-state index contributed by atoms with van der Waals surface area (Å²) >= 11 is 7.77. The van der Waals surface area contributed by atoms with Crippen molar-refractivity contribution >= 4 is 53.4 Å². The van der Waals surface area contributed by atoms with Crippen LogP contribution in [0.5, 0.6) is 0 Å². The maximum Gasteiger partial charge on any atom is 0.494 e. The van der Waals surface area contributed by atoms with Crippen LogP contribution < -0.4 is 11.2 Å². The highest BCUT2D eigenvalue weighted by molar-refractivity contribution is 8.13. The third-order valence-corrected chi connectivity index (χ3v) is 5.98. The normalized spacial score (nSPS) is 18.4. The highest BCUT2D eigenvalue weighted by Crippen LogP contribution is 2.36. The number of amidine groups is 1. The topological polar surface area (TPSA) is 95.5 Å². The molecule has 1 aromatic carbocycles. The third kappa shape index (κ3) is 6.47. The Morgan fingerprint density at radius 2 is 1.97 bits per heavy atom. The molecule has 2 N–H and O–H groups in total. The van der Waals surface area contributed by atoms with Crippen LogP contribution in [-0.4, -0.2) is 48.9 Å². The smallest absolute Gasteiger partial charge is 0.465 e. The number of thioether (sulfide) groups is 1. The molecule has 0 unspecified atom stereocenters. The molecule has 7 nitrogen and oxygen atoms in total. The molecule has 0 spiro atoms. The zero-order chi connectivity index (χ0) is 21.7. The molecule has 0 aromatic heterocycles. The van der Waals surface area contributed by atoms with Crippen molar-refractivity contribution in [3.05, 3.63) is 28.8 Å². The van der Waals surface area contributed by atoms with Crippen LogP contribution in [0, 0.1) is 0 Å². The molecule has 1 aliphatic rings. The van der Waals surface area contributed by atoms with E-state index in [2.05, 4.69) is 9.98 Å². The van der Waals surface area contributed by atoms with Gasteiger partial charge in [0.2, 0.25) is 0 Å². The van der Waals surface area contributed by atoms with Crippen molar-refractivity contribution in [2.24, 2.45) is 15.7 Å². The first-order chi connectivity index (χ1) is 13.6. The van der Waals surface area contributed by atoms with E-state index in [1.54, 1.807) is 6.92 Å². The average Bonchev–Trinajstić information content (AvgIpc) is 2.85. The molecule has 1 aliphatic heterocycles. The van der Waals surface area contributed by atoms with Crippen LogP contribution in [0.4, 0.5) is 0 Å². The number of carbonyl (C=O) groups is 1. The second-order valence-corrected chi connectivity index (χ2v) is 8.86. The molecule has 0 amide bonds. The number of nitrogens with zero attached hydrogens (tertiary/aromatic N) is 2. The van der Waals surface area contributed by atoms with Gasteiger partial charge in [-0.05, 0) is 51.7 Å². The van der Waals surface area contributed by atoms with Gasteiger partial charge in [-0.15, -0.1) is 0 Å². The summed E-state index contributed by atoms with van der Waals surface area (Å²) in [6.45, 7) is 10.0. The number of benzene rings is 1. The Morgan fingerprint density at radius 1 is 1.31 bits per heavy atom. The van der Waals surface area contributed by atoms with Gasteiger partial charge in [-0.3, -0.25) is 9.79 Å². The molecule has 1 fully saturated rings. The average molecular weight is 440 g/mol. The number of hydrogen-bond acceptors (Lipinski definition) is 6. The molecule has 0 aliphatic carbocycles. The van der Waals surface area contributed by atoms with Crippen LogP contribution in [0.2, 0.25) is 5.02 Å². The number of carbonyl (C=O) groups excluding carboxylic acids is 1. The number of hydrogen-bond donors (Lipinski definition) is 1. The number of nitrogens with two attached hydrogens (primary N) is 1. The quantitative estimate of drug-likeness (QED) is 0.304. The Balaban J connectivity index is 1.92. The van der Waals surface area contributed by atoms with Crippen LogP contribution >= 0.6 is 23.4 Å². The Labute approximate surface area is 181 Å². The molecular formula is C19H27BClN3O4S. The largest absolute Gasteiger partial charge is 0.494 e. The van der Waals surface area contributed by atoms with E-state index in [0.717, 1.165) is 11.0 Å². The van der Waals surface area contributed by atoms with Gasteiger partial charge >= 0.3 is 13.1 Å². The van der Waals surface area contributed by atoms with E-state index in [1.807, 2.05) is 45.9 Å². The van der Waals surface area contributed by atoms with Crippen LogP contribution in [0.25, 0.3) is 0 Å². The molecule has 29 heavy (non-hydrogen) atoms. The summed E-state index contributed by atoms with van der Waals surface area (Å²) in [7, 11) is -0.457. The van der Waals surface area contributed by atoms with E-state index < -0.39 is 24.3 Å². The fourth-order valence-corrected chi connectivity index (χ4v) is 3.43. The summed E-state index contributed by atoms with van der Waals surface area (Å²) in [6.07, 6.45) is 1.25. The summed E-state index contributed by atoms with van der Waals surface area (Å²) in [6, 6.07) is 5.73. The Hall–Kier alpha value is -1.55. The highest BCUT2D eigenvalue weighted by Gasteiger charge is 2.51. The molecule has 158 valence electrons. The van der Waals surface area contributed by atoms with Crippen molar-refractivity contribution in [2.75, 3.05) is 13.2 Å². The fraction of sp³-hybridized carbons (Fsp3) is 0.526. The number of esters is 1. The molecule has 0 bridgehead atoms. The monoisotopic (exact) mass is 439 g/mol. The number of aliphatic imine (C=N–C) groups is 2. The molecular weight excluding hydrogens is 413 g/mol. The second kappa shape index (κ2) is 9.97. The van der Waals surface area contributed by atoms with E-state index in [4.69, 9.17) is 31.4 Å². The van der Waals surface area contributed by atoms with Crippen molar-refractivity contribution in [3.8, 4) is 0 Å². The number of ether oxygens (including phenoxy) is 1. The standard InChI is InChI=1S/C19H27BClN3O4S/c1-6-26-16(25)10-23-12-24-17(22)29-11-13-7-8-14(9-15(13)21)20-27-18(2,3)19(4,5)28-20/h7-9,12H,6,10-11H2,1-5H3,(H2,22,23,24). The zero-order valence-electron chi connectivity index (χ0n) is 17.4. The number of rotatable bonds is 7. The van der Waals surface area contributed by atoms with Crippen LogP contribution in [0.3, 0.4) is 0 Å². The number of halogens is 1. The summed E-state index contributed by atoms with van der Waals surface area (Å²) in [5.41, 5.74) is 6.84. The lowest BCUT2D eigenvalue weighted by Crippen LogP contribution is -2.41. The van der Waals surface area contributed by atoms with E-state index in [-0.39, 0.29) is 6.54 Å². The zero-order valence-corrected chi connectivity index (χ0v) is 19.0. The minimum absolute atomic E-state index is 0.0818. The van der Waals surface area contributed by atoms with Gasteiger partial charge in [-0.25, -0.2) is 4.99 Å². The van der Waals surface area contributed by atoms with Crippen LogP contribution in [0.15, 0.2) is 28.2 Å². The third-order valence-electron chi connectivity index (χ3n) is 4.77. The maximum absolute atomic E-state index is 11.2. The minimum Gasteiger partial charge on any atom is -0.465 e. The van der Waals surface area contributed by atoms with Crippen molar-refractivity contribution in [3.63, 3.8) is 0 Å². The van der Waals surface area contributed by atoms with Crippen molar-refractivity contribution < 1.29 is 18.8 Å². The predicted molar refractivity (Wildman–Crippen MR) is 120 cm³/mol. The molecule has 10 heteroatoms. The second-order valence-electron chi connectivity index (χ2n) is 7.46. The van der Waals surface area contributed by atoms with Gasteiger partial charge in [-0.1, -0.05) is 35.5 Å². The summed E-state index contributed by atoms with van der Waals surface area (Å²) in [5, 5.41) is 0.928. The van der Waals surface area contributed by atoms with Gasteiger partial charge in [0.05, 0.1) is 17.8 Å². The molecule has 0 radical (unpaired) electrons. The molecule has 1 heterocycles. The minimum atomic E-state index is -0.457. The Bertz CT molecular complexity index is 786. The fourth-order valence-electron chi connectivity index (χ4n) is 2.42. The van der Waals surface area contributed by atoms with Gasteiger partial charge in [0.25, 0.3) is 0 Å². The van der Waals surface area contributed by atoms with Gasteiger partial charge in [0, 0.05) is 10.8 Å². The molecule has 0 atom stereocenters. The van der Waals surface area contributed by atoms with Crippen LogP contribution in [-0.2, 0) is 24.6 Å². The molecule has 1 aromatic rings. The van der Waals surface area contributed by atoms with Crippen molar-refractivity contribution in [1.82, 2.24) is 0 Å². The van der Waals surface area contributed by atoms with E-state index in [1.165, 1.54) is 18.1 Å². The molecule has 1 saturated heterocycles. The van der Waals surface area contributed by atoms with Gasteiger partial charge < -0.3 is 19.8 Å². The SMILES string of the molecule is CCOC(=O)CN=CN=C(N)SCc1ccc(B2OC(C)(C)C(C)(C)O2)cc1Cl. The first-order valence-corrected chi connectivity index (χ1v) is 10.7. The van der Waals surface area contributed by atoms with E-state index in [9.17, 15) is 4.79 Å². The maximum atomic E-state index is 11.2. The van der Waals surface area contributed by atoms with Crippen molar-refractivity contribution in [1.29, 1.82) is 0 Å². The lowest BCUT2D eigenvalue weighted by molar-refractivity contribution is -0.141. The predicted octanol–water partition coefficient (Wildman–Crippen LogP) is 2.78. The van der Waals surface area contributed by atoms with Crippen molar-refractivity contribution in [2.45, 2.75) is 51.6 Å². The first-order valence-electron chi connectivity index (χ1n) is 9.29. The Morgan fingerprint density at radius 3 is 2.55 bits per heavy atom. The van der Waals surface area contributed by atoms with E-state index >= 15 is 0 Å². The van der Waals surface area contributed by atoms with Crippen LogP contribution in [0.1, 0.15) is 40.2 Å². The van der Waals surface area contributed by atoms with Gasteiger partial charge in [0.1, 0.15) is 12.9 Å². The lowest BCUT2D eigenvalue weighted by atomic mass is 9.79. The summed E-state index contributed by atoms with van der Waals surface area (Å²) in [5.74, 6) is 0.142. The molecule has 2 rings (SSSR count). The molecule has 0 saturated carbocycles.